The number of nitrogens with zero attached hydrogens (tertiary/aromatic N) is 1. The van der Waals surface area contributed by atoms with Crippen molar-refractivity contribution in [2.45, 2.75) is 11.5 Å². The van der Waals surface area contributed by atoms with Crippen LogP contribution in [0.4, 0.5) is 0 Å². The molecule has 1 aromatic heterocycles. The highest BCUT2D eigenvalue weighted by Crippen LogP contribution is 2.73. The molecule has 1 nitrogen and oxygen atoms in total. The lowest BCUT2D eigenvalue weighted by atomic mass is 9.98. The number of hydrogen-bond acceptors (Lipinski definition) is 2. The number of fused-ring (bicyclic) bond motifs is 2. The van der Waals surface area contributed by atoms with Crippen LogP contribution in [0.3, 0.4) is 0 Å². The summed E-state index contributed by atoms with van der Waals surface area (Å²) in [5.74, 6) is 1.00. The van der Waals surface area contributed by atoms with Gasteiger partial charge in [0.1, 0.15) is 0 Å². The molecule has 3 atom stereocenters. The summed E-state index contributed by atoms with van der Waals surface area (Å²) >= 11 is 5.56. The van der Waals surface area contributed by atoms with Crippen molar-refractivity contribution in [3.63, 3.8) is 0 Å². The molecular formula is C13H10BrNS. The van der Waals surface area contributed by atoms with Crippen LogP contribution in [0.1, 0.15) is 4.88 Å². The van der Waals surface area contributed by atoms with E-state index < -0.39 is 0 Å². The van der Waals surface area contributed by atoms with E-state index >= 15 is 0 Å². The van der Waals surface area contributed by atoms with Crippen molar-refractivity contribution < 1.29 is 0 Å². The van der Waals surface area contributed by atoms with Crippen molar-refractivity contribution in [1.82, 2.24) is 4.90 Å². The fraction of sp³-hybridized carbons (Fsp3) is 0.385. The second-order valence-corrected chi connectivity index (χ2v) is 7.31. The molecule has 0 spiro atoms. The summed E-state index contributed by atoms with van der Waals surface area (Å²) in [5.41, 5.74) is 0.607. The van der Waals surface area contributed by atoms with Gasteiger partial charge >= 0.3 is 0 Å². The number of halogens is 1. The zero-order chi connectivity index (χ0) is 10.5. The summed E-state index contributed by atoms with van der Waals surface area (Å²) in [6.45, 7) is 2.69. The summed E-state index contributed by atoms with van der Waals surface area (Å²) in [6, 6.07) is 9.99. The van der Waals surface area contributed by atoms with Crippen molar-refractivity contribution in [3.05, 3.63) is 33.6 Å². The van der Waals surface area contributed by atoms with E-state index in [0.29, 0.717) is 5.41 Å². The first-order chi connectivity index (χ1) is 7.79. The van der Waals surface area contributed by atoms with Gasteiger partial charge in [-0.2, -0.15) is 0 Å². The van der Waals surface area contributed by atoms with Gasteiger partial charge in [0, 0.05) is 44.5 Å². The summed E-state index contributed by atoms with van der Waals surface area (Å²) in [6.07, 6.45) is 0. The van der Waals surface area contributed by atoms with E-state index in [-0.39, 0.29) is 0 Å². The predicted octanol–water partition coefficient (Wildman–Crippen LogP) is 3.23. The lowest BCUT2D eigenvalue weighted by Crippen LogP contribution is -2.49. The average molecular weight is 292 g/mol. The van der Waals surface area contributed by atoms with Gasteiger partial charge in [-0.15, -0.1) is 11.3 Å². The lowest BCUT2D eigenvalue weighted by molar-refractivity contribution is 0.127. The molecule has 2 saturated heterocycles. The molecule has 0 radical (unpaired) electrons. The van der Waals surface area contributed by atoms with Gasteiger partial charge in [-0.25, -0.2) is 0 Å². The first-order valence-electron chi connectivity index (χ1n) is 5.73. The summed E-state index contributed by atoms with van der Waals surface area (Å²) in [7, 11) is 0. The standard InChI is InChI=1S/C13H10BrNS/c14-8-2-1-7-3-11(16-10(7)4-8)13-6-15-5-9(13)12(13)15/h1-4,9,12H,5-6H2. The highest BCUT2D eigenvalue weighted by Gasteiger charge is 2.83. The van der Waals surface area contributed by atoms with Crippen molar-refractivity contribution in [2.75, 3.05) is 13.1 Å². The van der Waals surface area contributed by atoms with E-state index in [1.54, 1.807) is 4.88 Å². The van der Waals surface area contributed by atoms with Gasteiger partial charge in [-0.1, -0.05) is 22.0 Å². The van der Waals surface area contributed by atoms with E-state index in [1.165, 1.54) is 27.6 Å². The van der Waals surface area contributed by atoms with E-state index in [0.717, 1.165) is 12.0 Å². The molecule has 0 amide bonds. The predicted molar refractivity (Wildman–Crippen MR) is 70.1 cm³/mol. The summed E-state index contributed by atoms with van der Waals surface area (Å²) in [4.78, 5) is 4.26. The number of rotatable bonds is 1. The Balaban J connectivity index is 1.72. The Hall–Kier alpha value is -0.380. The monoisotopic (exact) mass is 291 g/mol. The molecule has 3 heteroatoms. The molecule has 0 bridgehead atoms. The molecule has 3 unspecified atom stereocenters. The first-order valence-corrected chi connectivity index (χ1v) is 7.34. The molecule has 3 aliphatic rings. The highest BCUT2D eigenvalue weighted by molar-refractivity contribution is 9.10. The average Bonchev–Trinajstić information content (AvgIpc) is 2.69. The topological polar surface area (TPSA) is 3.24 Å². The Kier molecular flexibility index (Phi) is 1.30. The quantitative estimate of drug-likeness (QED) is 0.780. The van der Waals surface area contributed by atoms with Crippen molar-refractivity contribution >= 4 is 37.4 Å². The fourth-order valence-corrected chi connectivity index (χ4v) is 5.70. The maximum atomic E-state index is 3.55. The Morgan fingerprint density at radius 3 is 3.00 bits per heavy atom. The smallest absolute Gasteiger partial charge is 0.0389 e. The fourth-order valence-electron chi connectivity index (χ4n) is 3.81. The molecule has 1 aromatic carbocycles. The minimum absolute atomic E-state index is 0.607. The van der Waals surface area contributed by atoms with Crippen LogP contribution in [0.25, 0.3) is 10.1 Å². The molecule has 0 N–H and O–H groups in total. The lowest BCUT2D eigenvalue weighted by Gasteiger charge is -2.37. The van der Waals surface area contributed by atoms with E-state index in [2.05, 4.69) is 45.1 Å². The number of piperidine rings is 1. The van der Waals surface area contributed by atoms with Crippen molar-refractivity contribution in [1.29, 1.82) is 0 Å². The van der Waals surface area contributed by atoms with Crippen LogP contribution >= 0.6 is 27.3 Å². The van der Waals surface area contributed by atoms with Crippen LogP contribution in [0, 0.1) is 5.92 Å². The second-order valence-electron chi connectivity index (χ2n) is 5.31. The van der Waals surface area contributed by atoms with Gasteiger partial charge in [-0.3, -0.25) is 4.90 Å². The largest absolute Gasteiger partial charge is 0.298 e. The van der Waals surface area contributed by atoms with Gasteiger partial charge in [0.2, 0.25) is 0 Å². The third-order valence-electron chi connectivity index (χ3n) is 4.69. The molecule has 16 heavy (non-hydrogen) atoms. The molecule has 3 heterocycles. The zero-order valence-corrected chi connectivity index (χ0v) is 11.0. The maximum absolute atomic E-state index is 3.55. The third-order valence-corrected chi connectivity index (χ3v) is 6.48. The van der Waals surface area contributed by atoms with Gasteiger partial charge < -0.3 is 0 Å². The summed E-state index contributed by atoms with van der Waals surface area (Å²) < 4.78 is 2.63. The van der Waals surface area contributed by atoms with Crippen molar-refractivity contribution in [3.8, 4) is 0 Å². The molecule has 3 fully saturated rings. The van der Waals surface area contributed by atoms with Gasteiger partial charge in [-0.05, 0) is 23.6 Å². The zero-order valence-electron chi connectivity index (χ0n) is 8.61. The Morgan fingerprint density at radius 1 is 1.38 bits per heavy atom. The van der Waals surface area contributed by atoms with E-state index in [9.17, 15) is 0 Å². The Bertz CT molecular complexity index is 628. The van der Waals surface area contributed by atoms with Crippen LogP contribution < -0.4 is 0 Å². The molecule has 5 rings (SSSR count). The number of thiophene rings is 1. The van der Waals surface area contributed by atoms with Crippen LogP contribution in [-0.4, -0.2) is 24.0 Å². The molecule has 80 valence electrons. The van der Waals surface area contributed by atoms with Crippen LogP contribution in [0.2, 0.25) is 0 Å². The second kappa shape index (κ2) is 2.40. The van der Waals surface area contributed by atoms with Crippen LogP contribution in [-0.2, 0) is 5.41 Å². The van der Waals surface area contributed by atoms with Gasteiger partial charge in [0.05, 0.1) is 0 Å². The maximum Gasteiger partial charge on any atom is 0.0389 e. The molecular weight excluding hydrogens is 282 g/mol. The minimum atomic E-state index is 0.607. The summed E-state index contributed by atoms with van der Waals surface area (Å²) in [5, 5.41) is 1.42. The third kappa shape index (κ3) is 0.754. The number of benzene rings is 1. The first kappa shape index (κ1) is 8.67. The van der Waals surface area contributed by atoms with Crippen LogP contribution in [0.5, 0.6) is 0 Å². The molecule has 1 aliphatic carbocycles. The highest BCUT2D eigenvalue weighted by atomic mass is 79.9. The van der Waals surface area contributed by atoms with Crippen LogP contribution in [0.15, 0.2) is 28.7 Å². The number of hydrogen-bond donors (Lipinski definition) is 0. The van der Waals surface area contributed by atoms with Gasteiger partial charge in [0.25, 0.3) is 0 Å². The Labute approximate surface area is 106 Å². The molecule has 1 saturated carbocycles. The van der Waals surface area contributed by atoms with E-state index in [4.69, 9.17) is 0 Å². The Morgan fingerprint density at radius 2 is 2.31 bits per heavy atom. The van der Waals surface area contributed by atoms with Crippen molar-refractivity contribution in [2.24, 2.45) is 5.92 Å². The van der Waals surface area contributed by atoms with E-state index in [1.807, 2.05) is 11.3 Å². The van der Waals surface area contributed by atoms with Gasteiger partial charge in [0.15, 0.2) is 0 Å². The molecule has 2 aliphatic heterocycles. The SMILES string of the molecule is Brc1ccc2cc(C34CN5CC3C54)sc2c1. The minimum Gasteiger partial charge on any atom is -0.298 e. The normalized spacial score (nSPS) is 39.1. The molecule has 2 aromatic rings.